The zero-order valence-corrected chi connectivity index (χ0v) is 11.2. The van der Waals surface area contributed by atoms with Gasteiger partial charge in [0.25, 0.3) is 0 Å². The van der Waals surface area contributed by atoms with E-state index in [9.17, 15) is 9.59 Å². The number of carboxylic acid groups (broad SMARTS) is 1. The quantitative estimate of drug-likeness (QED) is 0.719. The van der Waals surface area contributed by atoms with E-state index in [1.807, 2.05) is 6.92 Å². The predicted molar refractivity (Wildman–Crippen MR) is 66.9 cm³/mol. The van der Waals surface area contributed by atoms with Crippen molar-refractivity contribution in [1.82, 2.24) is 10.2 Å². The van der Waals surface area contributed by atoms with Gasteiger partial charge in [0, 0.05) is 13.1 Å². The van der Waals surface area contributed by atoms with Crippen LogP contribution in [-0.2, 0) is 4.79 Å². The zero-order chi connectivity index (χ0) is 13.4. The minimum atomic E-state index is -0.986. The topological polar surface area (TPSA) is 69.6 Å². The van der Waals surface area contributed by atoms with Crippen LogP contribution >= 0.6 is 0 Å². The first kappa shape index (κ1) is 15.7. The number of nitrogens with zero attached hydrogens (tertiary/aromatic N) is 1. The van der Waals surface area contributed by atoms with Gasteiger partial charge in [0.15, 0.2) is 0 Å². The van der Waals surface area contributed by atoms with Crippen molar-refractivity contribution >= 4 is 12.0 Å². The van der Waals surface area contributed by atoms with Crippen LogP contribution in [0.3, 0.4) is 0 Å². The molecule has 2 atom stereocenters. The molecule has 2 amide bonds. The van der Waals surface area contributed by atoms with Gasteiger partial charge in [-0.05, 0) is 19.3 Å². The Kier molecular flexibility index (Phi) is 7.34. The smallest absolute Gasteiger partial charge is 0.326 e. The second-order valence-electron chi connectivity index (χ2n) is 4.30. The number of aliphatic carboxylic acids is 1. The molecular weight excluding hydrogens is 220 g/mol. The standard InChI is InChI=1S/C12H24N2O3/c1-5-9(4)8-14(7-3)12(17)13-10(6-2)11(15)16/h9-10H,5-8H2,1-4H3,(H,13,17)(H,15,16)/t9?,10-/m0/s1. The fraction of sp³-hybridized carbons (Fsp3) is 0.833. The minimum Gasteiger partial charge on any atom is -0.480 e. The number of urea groups is 1. The predicted octanol–water partition coefficient (Wildman–Crippen LogP) is 1.93. The lowest BCUT2D eigenvalue weighted by molar-refractivity contribution is -0.139. The Morgan fingerprint density at radius 1 is 1.24 bits per heavy atom. The van der Waals surface area contributed by atoms with Crippen molar-refractivity contribution < 1.29 is 14.7 Å². The average molecular weight is 244 g/mol. The molecule has 0 saturated carbocycles. The lowest BCUT2D eigenvalue weighted by Gasteiger charge is -2.25. The fourth-order valence-corrected chi connectivity index (χ4v) is 1.44. The summed E-state index contributed by atoms with van der Waals surface area (Å²) in [7, 11) is 0. The Morgan fingerprint density at radius 3 is 2.18 bits per heavy atom. The maximum absolute atomic E-state index is 11.9. The van der Waals surface area contributed by atoms with Crippen molar-refractivity contribution in [2.45, 2.75) is 46.6 Å². The number of carboxylic acids is 1. The zero-order valence-electron chi connectivity index (χ0n) is 11.2. The molecule has 0 aliphatic rings. The van der Waals surface area contributed by atoms with E-state index in [4.69, 9.17) is 5.11 Å². The largest absolute Gasteiger partial charge is 0.480 e. The molecule has 100 valence electrons. The molecular formula is C12H24N2O3. The van der Waals surface area contributed by atoms with Gasteiger partial charge in [-0.1, -0.05) is 27.2 Å². The number of hydrogen-bond donors (Lipinski definition) is 2. The van der Waals surface area contributed by atoms with Crippen molar-refractivity contribution in [3.8, 4) is 0 Å². The number of nitrogens with one attached hydrogen (secondary N) is 1. The molecule has 17 heavy (non-hydrogen) atoms. The second kappa shape index (κ2) is 7.92. The third-order valence-corrected chi connectivity index (χ3v) is 2.90. The molecule has 0 aromatic rings. The molecule has 0 aromatic heterocycles. The minimum absolute atomic E-state index is 0.290. The van der Waals surface area contributed by atoms with Crippen molar-refractivity contribution in [2.75, 3.05) is 13.1 Å². The molecule has 0 saturated heterocycles. The number of amides is 2. The Hall–Kier alpha value is -1.26. The van der Waals surface area contributed by atoms with Crippen LogP contribution in [0.2, 0.25) is 0 Å². The van der Waals surface area contributed by atoms with E-state index in [1.165, 1.54) is 0 Å². The van der Waals surface area contributed by atoms with Gasteiger partial charge in [0.2, 0.25) is 0 Å². The number of hydrogen-bond acceptors (Lipinski definition) is 2. The van der Waals surface area contributed by atoms with E-state index < -0.39 is 12.0 Å². The van der Waals surface area contributed by atoms with Gasteiger partial charge in [-0.25, -0.2) is 9.59 Å². The molecule has 5 heteroatoms. The summed E-state index contributed by atoms with van der Waals surface area (Å²) in [6.07, 6.45) is 1.39. The van der Waals surface area contributed by atoms with Crippen LogP contribution in [0.1, 0.15) is 40.5 Å². The van der Waals surface area contributed by atoms with Crippen LogP contribution in [0.5, 0.6) is 0 Å². The monoisotopic (exact) mass is 244 g/mol. The molecule has 2 N–H and O–H groups in total. The first-order valence-corrected chi connectivity index (χ1v) is 6.24. The highest BCUT2D eigenvalue weighted by Crippen LogP contribution is 2.05. The molecule has 0 radical (unpaired) electrons. The van der Waals surface area contributed by atoms with Crippen molar-refractivity contribution in [3.05, 3.63) is 0 Å². The first-order valence-electron chi connectivity index (χ1n) is 6.24. The molecule has 0 rings (SSSR count). The van der Waals surface area contributed by atoms with Crippen molar-refractivity contribution in [2.24, 2.45) is 5.92 Å². The summed E-state index contributed by atoms with van der Waals surface area (Å²) in [5.74, 6) is -0.564. The highest BCUT2D eigenvalue weighted by atomic mass is 16.4. The van der Waals surface area contributed by atoms with Crippen LogP contribution in [0.25, 0.3) is 0 Å². The maximum atomic E-state index is 11.9. The van der Waals surface area contributed by atoms with E-state index in [-0.39, 0.29) is 6.03 Å². The van der Waals surface area contributed by atoms with Crippen molar-refractivity contribution in [3.63, 3.8) is 0 Å². The van der Waals surface area contributed by atoms with Gasteiger partial charge < -0.3 is 15.3 Å². The molecule has 0 aliphatic heterocycles. The summed E-state index contributed by atoms with van der Waals surface area (Å²) in [6.45, 7) is 9.03. The fourth-order valence-electron chi connectivity index (χ4n) is 1.44. The Bertz CT molecular complexity index is 256. The first-order chi connectivity index (χ1) is 7.96. The Labute approximate surface area is 103 Å². The van der Waals surface area contributed by atoms with E-state index >= 15 is 0 Å². The normalized spacial score (nSPS) is 13.9. The average Bonchev–Trinajstić information content (AvgIpc) is 2.31. The molecule has 0 heterocycles. The van der Waals surface area contributed by atoms with Crippen LogP contribution in [0.15, 0.2) is 0 Å². The Balaban J connectivity index is 4.38. The van der Waals surface area contributed by atoms with Crippen LogP contribution in [0.4, 0.5) is 4.79 Å². The van der Waals surface area contributed by atoms with Gasteiger partial charge in [0.1, 0.15) is 6.04 Å². The summed E-state index contributed by atoms with van der Waals surface area (Å²) in [4.78, 5) is 24.3. The summed E-state index contributed by atoms with van der Waals surface area (Å²) in [6, 6.07) is -1.09. The summed E-state index contributed by atoms with van der Waals surface area (Å²) in [5.41, 5.74) is 0. The van der Waals surface area contributed by atoms with Crippen molar-refractivity contribution in [1.29, 1.82) is 0 Å². The van der Waals surface area contributed by atoms with E-state index in [0.29, 0.717) is 25.4 Å². The lowest BCUT2D eigenvalue weighted by Crippen LogP contribution is -2.48. The summed E-state index contributed by atoms with van der Waals surface area (Å²) in [5, 5.41) is 11.4. The third-order valence-electron chi connectivity index (χ3n) is 2.90. The van der Waals surface area contributed by atoms with Crippen LogP contribution < -0.4 is 5.32 Å². The molecule has 5 nitrogen and oxygen atoms in total. The second-order valence-corrected chi connectivity index (χ2v) is 4.30. The highest BCUT2D eigenvalue weighted by molar-refractivity contribution is 5.82. The van der Waals surface area contributed by atoms with E-state index in [0.717, 1.165) is 6.42 Å². The molecule has 0 spiro atoms. The summed E-state index contributed by atoms with van der Waals surface area (Å²) >= 11 is 0. The van der Waals surface area contributed by atoms with E-state index in [2.05, 4.69) is 19.2 Å². The molecule has 0 bridgehead atoms. The third kappa shape index (κ3) is 5.56. The SMILES string of the molecule is CCC(C)CN(CC)C(=O)N[C@@H](CC)C(=O)O. The molecule has 0 fully saturated rings. The van der Waals surface area contributed by atoms with Gasteiger partial charge in [0.05, 0.1) is 0 Å². The van der Waals surface area contributed by atoms with E-state index in [1.54, 1.807) is 11.8 Å². The molecule has 0 aliphatic carbocycles. The Morgan fingerprint density at radius 2 is 1.82 bits per heavy atom. The number of carbonyl (C=O) groups is 2. The highest BCUT2D eigenvalue weighted by Gasteiger charge is 2.21. The molecule has 0 aromatic carbocycles. The van der Waals surface area contributed by atoms with Gasteiger partial charge in [-0.2, -0.15) is 0 Å². The van der Waals surface area contributed by atoms with Crippen LogP contribution in [-0.4, -0.2) is 41.1 Å². The van der Waals surface area contributed by atoms with Crippen LogP contribution in [0, 0.1) is 5.92 Å². The lowest BCUT2D eigenvalue weighted by atomic mass is 10.1. The maximum Gasteiger partial charge on any atom is 0.326 e. The summed E-state index contributed by atoms with van der Waals surface area (Å²) < 4.78 is 0. The van der Waals surface area contributed by atoms with Gasteiger partial charge >= 0.3 is 12.0 Å². The van der Waals surface area contributed by atoms with Gasteiger partial charge in [-0.15, -0.1) is 0 Å². The van der Waals surface area contributed by atoms with Gasteiger partial charge in [-0.3, -0.25) is 0 Å². The molecule has 1 unspecified atom stereocenters. The number of rotatable bonds is 7. The number of carbonyl (C=O) groups excluding carboxylic acids is 1.